The molecule has 4 rings (SSSR count). The summed E-state index contributed by atoms with van der Waals surface area (Å²) in [5, 5.41) is 0. The molecular formula is C26H22F2N2O5. The number of aryl methyl sites for hydroxylation is 1. The average Bonchev–Trinajstić information content (AvgIpc) is 3.26. The lowest BCUT2D eigenvalue weighted by Crippen LogP contribution is -2.31. The summed E-state index contributed by atoms with van der Waals surface area (Å²) >= 11 is 0. The van der Waals surface area contributed by atoms with Crippen molar-refractivity contribution in [3.05, 3.63) is 89.3 Å². The number of alkyl halides is 2. The second-order valence-corrected chi connectivity index (χ2v) is 7.96. The zero-order chi connectivity index (χ0) is 25.3. The number of hydrogen-bond acceptors (Lipinski definition) is 5. The fourth-order valence-corrected chi connectivity index (χ4v) is 4.12. The first-order valence-electron chi connectivity index (χ1n) is 10.7. The molecule has 0 unspecified atom stereocenters. The van der Waals surface area contributed by atoms with Crippen LogP contribution < -0.4 is 4.74 Å². The molecular weight excluding hydrogens is 458 g/mol. The van der Waals surface area contributed by atoms with Gasteiger partial charge in [-0.3, -0.25) is 19.3 Å². The number of ketones is 1. The third-order valence-corrected chi connectivity index (χ3v) is 5.74. The highest BCUT2D eigenvalue weighted by molar-refractivity contribution is 6.10. The third-order valence-electron chi connectivity index (χ3n) is 5.74. The molecule has 0 saturated heterocycles. The molecule has 180 valence electrons. The summed E-state index contributed by atoms with van der Waals surface area (Å²) in [6.45, 7) is 3.64. The number of rotatable bonds is 8. The van der Waals surface area contributed by atoms with E-state index in [-0.39, 0.29) is 18.2 Å². The van der Waals surface area contributed by atoms with E-state index >= 15 is 0 Å². The van der Waals surface area contributed by atoms with Crippen LogP contribution in [0.15, 0.2) is 61.2 Å². The fraction of sp³-hybridized carbons (Fsp3) is 0.192. The van der Waals surface area contributed by atoms with Gasteiger partial charge in [-0.15, -0.1) is 0 Å². The Morgan fingerprint density at radius 1 is 1.03 bits per heavy atom. The highest BCUT2D eigenvalue weighted by Gasteiger charge is 2.32. The van der Waals surface area contributed by atoms with Crippen molar-refractivity contribution in [1.29, 1.82) is 0 Å². The SMILES string of the molecule is C=C1c2ccccc2C(=O)N1CC(=O)OCC(=O)c1cc(C)n(-c2ccc(OC(F)F)cc2)c1C. The van der Waals surface area contributed by atoms with Gasteiger partial charge in [-0.1, -0.05) is 24.8 Å². The number of fused-ring (bicyclic) bond motifs is 1. The Labute approximate surface area is 200 Å². The number of ether oxygens (including phenoxy) is 2. The van der Waals surface area contributed by atoms with E-state index in [1.54, 1.807) is 60.9 Å². The predicted molar refractivity (Wildman–Crippen MR) is 124 cm³/mol. The Bertz CT molecular complexity index is 1290. The van der Waals surface area contributed by atoms with Gasteiger partial charge in [0.05, 0.1) is 0 Å². The van der Waals surface area contributed by atoms with Gasteiger partial charge in [-0.2, -0.15) is 8.78 Å². The van der Waals surface area contributed by atoms with Crippen LogP contribution in [-0.2, 0) is 9.53 Å². The Morgan fingerprint density at radius 2 is 1.69 bits per heavy atom. The molecule has 1 aliphatic rings. The van der Waals surface area contributed by atoms with E-state index in [4.69, 9.17) is 4.74 Å². The smallest absolute Gasteiger partial charge is 0.387 e. The first-order valence-corrected chi connectivity index (χ1v) is 10.7. The number of Topliss-reactive ketones (excluding diaryl/α,β-unsaturated/α-hetero) is 1. The molecule has 7 nitrogen and oxygen atoms in total. The molecule has 0 bridgehead atoms. The monoisotopic (exact) mass is 480 g/mol. The minimum atomic E-state index is -2.92. The van der Waals surface area contributed by atoms with Crippen LogP contribution in [0, 0.1) is 13.8 Å². The topological polar surface area (TPSA) is 77.8 Å². The Balaban J connectivity index is 1.40. The lowest BCUT2D eigenvalue weighted by Gasteiger charge is -2.16. The molecule has 0 N–H and O–H groups in total. The molecule has 2 aromatic carbocycles. The summed E-state index contributed by atoms with van der Waals surface area (Å²) in [6, 6.07) is 14.6. The lowest BCUT2D eigenvalue weighted by atomic mass is 10.1. The summed E-state index contributed by atoms with van der Waals surface area (Å²) in [7, 11) is 0. The number of nitrogens with zero attached hydrogens (tertiary/aromatic N) is 2. The first kappa shape index (κ1) is 23.9. The Hall–Kier alpha value is -4.27. The first-order chi connectivity index (χ1) is 16.7. The molecule has 0 atom stereocenters. The lowest BCUT2D eigenvalue weighted by molar-refractivity contribution is -0.142. The van der Waals surface area contributed by atoms with Crippen molar-refractivity contribution in [2.45, 2.75) is 20.5 Å². The molecule has 35 heavy (non-hydrogen) atoms. The molecule has 0 saturated carbocycles. The average molecular weight is 480 g/mol. The van der Waals surface area contributed by atoms with Crippen molar-refractivity contribution in [2.24, 2.45) is 0 Å². The van der Waals surface area contributed by atoms with Gasteiger partial charge in [-0.05, 0) is 50.2 Å². The molecule has 0 fully saturated rings. The van der Waals surface area contributed by atoms with Crippen molar-refractivity contribution >= 4 is 23.4 Å². The minimum Gasteiger partial charge on any atom is -0.456 e. The second-order valence-electron chi connectivity index (χ2n) is 7.96. The van der Waals surface area contributed by atoms with Crippen LogP contribution in [0.5, 0.6) is 5.75 Å². The van der Waals surface area contributed by atoms with E-state index in [0.717, 1.165) is 5.69 Å². The van der Waals surface area contributed by atoms with Crippen LogP contribution in [0.2, 0.25) is 0 Å². The van der Waals surface area contributed by atoms with Gasteiger partial charge in [0.25, 0.3) is 5.91 Å². The van der Waals surface area contributed by atoms with Gasteiger partial charge in [-0.25, -0.2) is 0 Å². The maximum absolute atomic E-state index is 12.8. The van der Waals surface area contributed by atoms with Crippen LogP contribution in [0.25, 0.3) is 11.4 Å². The van der Waals surface area contributed by atoms with E-state index in [9.17, 15) is 23.2 Å². The molecule has 1 amide bonds. The number of halogens is 2. The minimum absolute atomic E-state index is 0.0247. The zero-order valence-electron chi connectivity index (χ0n) is 19.1. The number of esters is 1. The Morgan fingerprint density at radius 3 is 2.31 bits per heavy atom. The molecule has 0 spiro atoms. The number of amides is 1. The zero-order valence-corrected chi connectivity index (χ0v) is 19.1. The van der Waals surface area contributed by atoms with Crippen molar-refractivity contribution in [3.63, 3.8) is 0 Å². The molecule has 3 aromatic rings. The van der Waals surface area contributed by atoms with E-state index in [0.29, 0.717) is 33.8 Å². The van der Waals surface area contributed by atoms with Gasteiger partial charge in [0.2, 0.25) is 5.78 Å². The summed E-state index contributed by atoms with van der Waals surface area (Å²) in [5.74, 6) is -1.46. The fourth-order valence-electron chi connectivity index (χ4n) is 4.12. The van der Waals surface area contributed by atoms with Gasteiger partial charge in [0, 0.05) is 39.5 Å². The van der Waals surface area contributed by atoms with Gasteiger partial charge < -0.3 is 14.0 Å². The predicted octanol–water partition coefficient (Wildman–Crippen LogP) is 4.55. The summed E-state index contributed by atoms with van der Waals surface area (Å²) < 4.78 is 36.1. The van der Waals surface area contributed by atoms with Crippen molar-refractivity contribution in [2.75, 3.05) is 13.2 Å². The van der Waals surface area contributed by atoms with E-state index in [1.165, 1.54) is 17.0 Å². The number of benzene rings is 2. The van der Waals surface area contributed by atoms with Crippen LogP contribution in [-0.4, -0.2) is 46.9 Å². The summed E-state index contributed by atoms with van der Waals surface area (Å²) in [5.41, 5.74) is 3.87. The van der Waals surface area contributed by atoms with Crippen LogP contribution >= 0.6 is 0 Å². The van der Waals surface area contributed by atoms with Crippen LogP contribution in [0.1, 0.15) is 37.7 Å². The normalized spacial score (nSPS) is 12.8. The van der Waals surface area contributed by atoms with Gasteiger partial charge in [0.15, 0.2) is 6.61 Å². The molecule has 1 aliphatic heterocycles. The second kappa shape index (κ2) is 9.54. The standard InChI is InChI=1S/C26H22F2N2O5/c1-15-12-22(17(3)30(15)18-8-10-19(11-9-18)35-26(27)28)23(31)14-34-24(32)13-29-16(2)20-6-4-5-7-21(20)25(29)33/h4-12,26H,2,13-14H2,1,3H3. The maximum atomic E-state index is 12.8. The number of carbonyl (C=O) groups is 3. The van der Waals surface area contributed by atoms with Crippen molar-refractivity contribution in [3.8, 4) is 11.4 Å². The van der Waals surface area contributed by atoms with Crippen LogP contribution in [0.3, 0.4) is 0 Å². The van der Waals surface area contributed by atoms with Crippen LogP contribution in [0.4, 0.5) is 8.78 Å². The number of hydrogen-bond donors (Lipinski definition) is 0. The number of aromatic nitrogens is 1. The quantitative estimate of drug-likeness (QED) is 0.349. The summed E-state index contributed by atoms with van der Waals surface area (Å²) in [6.07, 6.45) is 0. The van der Waals surface area contributed by atoms with Gasteiger partial charge in [0.1, 0.15) is 12.3 Å². The highest BCUT2D eigenvalue weighted by Crippen LogP contribution is 2.31. The number of carbonyl (C=O) groups excluding carboxylic acids is 3. The van der Waals surface area contributed by atoms with Crippen molar-refractivity contribution in [1.82, 2.24) is 9.47 Å². The molecule has 2 heterocycles. The van der Waals surface area contributed by atoms with Gasteiger partial charge >= 0.3 is 12.6 Å². The highest BCUT2D eigenvalue weighted by atomic mass is 19.3. The van der Waals surface area contributed by atoms with E-state index in [2.05, 4.69) is 11.3 Å². The largest absolute Gasteiger partial charge is 0.456 e. The molecule has 0 aliphatic carbocycles. The van der Waals surface area contributed by atoms with E-state index in [1.807, 2.05) is 0 Å². The molecule has 1 aromatic heterocycles. The molecule has 0 radical (unpaired) electrons. The summed E-state index contributed by atoms with van der Waals surface area (Å²) in [4.78, 5) is 38.9. The van der Waals surface area contributed by atoms with E-state index < -0.39 is 25.0 Å². The third kappa shape index (κ3) is 4.70. The van der Waals surface area contributed by atoms with Crippen molar-refractivity contribution < 1.29 is 32.6 Å². The molecule has 9 heteroatoms. The maximum Gasteiger partial charge on any atom is 0.387 e. The Kier molecular flexibility index (Phi) is 6.50.